The molecule has 1 aromatic carbocycles. The highest BCUT2D eigenvalue weighted by atomic mass is 35.5. The number of carboxylic acid groups (broad SMARTS) is 1. The van der Waals surface area contributed by atoms with Crippen LogP contribution in [0.3, 0.4) is 0 Å². The van der Waals surface area contributed by atoms with E-state index in [-0.39, 0.29) is 19.6 Å². The molecule has 0 amide bonds. The SMILES string of the molecule is O=C(O)C(CCO)COc1ccc(Cl)cc1. The largest absolute Gasteiger partial charge is 0.493 e. The van der Waals surface area contributed by atoms with Crippen LogP contribution >= 0.6 is 11.6 Å². The molecule has 0 aliphatic carbocycles. The van der Waals surface area contributed by atoms with E-state index in [1.807, 2.05) is 0 Å². The third kappa shape index (κ3) is 4.08. The number of hydrogen-bond acceptors (Lipinski definition) is 3. The van der Waals surface area contributed by atoms with Crippen molar-refractivity contribution in [3.05, 3.63) is 29.3 Å². The highest BCUT2D eigenvalue weighted by Crippen LogP contribution is 2.16. The zero-order chi connectivity index (χ0) is 12.0. The molecule has 0 bridgehead atoms. The topological polar surface area (TPSA) is 66.8 Å². The maximum absolute atomic E-state index is 10.8. The summed E-state index contributed by atoms with van der Waals surface area (Å²) >= 11 is 5.69. The maximum Gasteiger partial charge on any atom is 0.310 e. The molecule has 0 heterocycles. The molecular formula is C11H13ClO4. The fourth-order valence-corrected chi connectivity index (χ4v) is 1.29. The fraction of sp³-hybridized carbons (Fsp3) is 0.364. The van der Waals surface area contributed by atoms with Crippen molar-refractivity contribution in [2.45, 2.75) is 6.42 Å². The van der Waals surface area contributed by atoms with Gasteiger partial charge in [-0.1, -0.05) is 11.6 Å². The number of rotatable bonds is 6. The number of halogens is 1. The van der Waals surface area contributed by atoms with Gasteiger partial charge in [-0.25, -0.2) is 0 Å². The molecule has 0 fully saturated rings. The molecule has 88 valence electrons. The van der Waals surface area contributed by atoms with E-state index in [4.69, 9.17) is 26.6 Å². The lowest BCUT2D eigenvalue weighted by atomic mass is 10.1. The Morgan fingerprint density at radius 2 is 2.00 bits per heavy atom. The number of hydrogen-bond donors (Lipinski definition) is 2. The van der Waals surface area contributed by atoms with E-state index in [0.717, 1.165) is 0 Å². The molecule has 0 aliphatic heterocycles. The van der Waals surface area contributed by atoms with Gasteiger partial charge in [-0.2, -0.15) is 0 Å². The Labute approximate surface area is 98.4 Å². The van der Waals surface area contributed by atoms with Gasteiger partial charge in [0.1, 0.15) is 12.4 Å². The predicted molar refractivity (Wildman–Crippen MR) is 59.8 cm³/mol. The van der Waals surface area contributed by atoms with E-state index >= 15 is 0 Å². The Bertz CT molecular complexity index is 336. The normalized spacial score (nSPS) is 12.1. The van der Waals surface area contributed by atoms with E-state index in [1.165, 1.54) is 0 Å². The van der Waals surface area contributed by atoms with Crippen molar-refractivity contribution < 1.29 is 19.7 Å². The first kappa shape index (κ1) is 12.8. The summed E-state index contributed by atoms with van der Waals surface area (Å²) in [5.41, 5.74) is 0. The van der Waals surface area contributed by atoms with Crippen LogP contribution in [0, 0.1) is 5.92 Å². The highest BCUT2D eigenvalue weighted by molar-refractivity contribution is 6.30. The lowest BCUT2D eigenvalue weighted by molar-refractivity contribution is -0.143. The van der Waals surface area contributed by atoms with Crippen LogP contribution in [0.1, 0.15) is 6.42 Å². The van der Waals surface area contributed by atoms with Crippen LogP contribution in [0.15, 0.2) is 24.3 Å². The van der Waals surface area contributed by atoms with Gasteiger partial charge in [-0.05, 0) is 30.7 Å². The molecule has 1 rings (SSSR count). The summed E-state index contributed by atoms with van der Waals surface area (Å²) in [6.07, 6.45) is 0.183. The Balaban J connectivity index is 2.48. The van der Waals surface area contributed by atoms with Gasteiger partial charge < -0.3 is 14.9 Å². The minimum absolute atomic E-state index is 0.0392. The Kier molecular flexibility index (Phi) is 5.08. The lowest BCUT2D eigenvalue weighted by Gasteiger charge is -2.12. The molecule has 1 atom stereocenters. The van der Waals surface area contributed by atoms with E-state index < -0.39 is 11.9 Å². The molecule has 16 heavy (non-hydrogen) atoms. The van der Waals surface area contributed by atoms with Crippen molar-refractivity contribution in [2.24, 2.45) is 5.92 Å². The van der Waals surface area contributed by atoms with Crippen LogP contribution in [0.25, 0.3) is 0 Å². The first-order valence-electron chi connectivity index (χ1n) is 4.85. The van der Waals surface area contributed by atoms with Crippen LogP contribution in [-0.2, 0) is 4.79 Å². The first-order chi connectivity index (χ1) is 7.63. The third-order valence-electron chi connectivity index (χ3n) is 2.09. The Morgan fingerprint density at radius 1 is 1.38 bits per heavy atom. The number of benzene rings is 1. The first-order valence-corrected chi connectivity index (χ1v) is 5.23. The summed E-state index contributed by atoms with van der Waals surface area (Å²) in [6.45, 7) is -0.127. The van der Waals surface area contributed by atoms with E-state index in [0.29, 0.717) is 10.8 Å². The van der Waals surface area contributed by atoms with E-state index in [1.54, 1.807) is 24.3 Å². The summed E-state index contributed by atoms with van der Waals surface area (Å²) in [4.78, 5) is 10.8. The zero-order valence-corrected chi connectivity index (χ0v) is 9.35. The van der Waals surface area contributed by atoms with Gasteiger partial charge in [0.2, 0.25) is 0 Å². The molecule has 1 aromatic rings. The number of carbonyl (C=O) groups is 1. The van der Waals surface area contributed by atoms with Crippen molar-refractivity contribution in [3.63, 3.8) is 0 Å². The molecule has 2 N–H and O–H groups in total. The second-order valence-electron chi connectivity index (χ2n) is 3.31. The van der Waals surface area contributed by atoms with Crippen LogP contribution in [0.5, 0.6) is 5.75 Å². The third-order valence-corrected chi connectivity index (χ3v) is 2.34. The smallest absolute Gasteiger partial charge is 0.310 e. The number of ether oxygens (including phenoxy) is 1. The van der Waals surface area contributed by atoms with Crippen LogP contribution in [-0.4, -0.2) is 29.4 Å². The highest BCUT2D eigenvalue weighted by Gasteiger charge is 2.17. The molecular weight excluding hydrogens is 232 g/mol. The van der Waals surface area contributed by atoms with Crippen molar-refractivity contribution >= 4 is 17.6 Å². The molecule has 1 unspecified atom stereocenters. The standard InChI is InChI=1S/C11H13ClO4/c12-9-1-3-10(4-2-9)16-7-8(5-6-13)11(14)15/h1-4,8,13H,5-7H2,(H,14,15). The molecule has 0 saturated heterocycles. The quantitative estimate of drug-likeness (QED) is 0.801. The van der Waals surface area contributed by atoms with Crippen LogP contribution in [0.2, 0.25) is 5.02 Å². The van der Waals surface area contributed by atoms with Gasteiger partial charge in [-0.15, -0.1) is 0 Å². The molecule has 4 nitrogen and oxygen atoms in total. The predicted octanol–water partition coefficient (Wildman–Crippen LogP) is 1.80. The van der Waals surface area contributed by atoms with E-state index in [2.05, 4.69) is 0 Å². The average Bonchev–Trinajstić information content (AvgIpc) is 2.26. The van der Waals surface area contributed by atoms with Gasteiger partial charge in [0, 0.05) is 11.6 Å². The Morgan fingerprint density at radius 3 is 2.50 bits per heavy atom. The van der Waals surface area contributed by atoms with Crippen LogP contribution < -0.4 is 4.74 Å². The maximum atomic E-state index is 10.8. The minimum Gasteiger partial charge on any atom is -0.493 e. The van der Waals surface area contributed by atoms with Crippen molar-refractivity contribution in [1.82, 2.24) is 0 Å². The molecule has 0 aromatic heterocycles. The van der Waals surface area contributed by atoms with Gasteiger partial charge in [0.25, 0.3) is 0 Å². The minimum atomic E-state index is -0.969. The summed E-state index contributed by atoms with van der Waals surface area (Å²) in [7, 11) is 0. The molecule has 5 heteroatoms. The second kappa shape index (κ2) is 6.35. The van der Waals surface area contributed by atoms with Crippen LogP contribution in [0.4, 0.5) is 0 Å². The van der Waals surface area contributed by atoms with E-state index in [9.17, 15) is 4.79 Å². The summed E-state index contributed by atoms with van der Waals surface area (Å²) in [5.74, 6) is -1.10. The zero-order valence-electron chi connectivity index (χ0n) is 8.60. The lowest BCUT2D eigenvalue weighted by Crippen LogP contribution is -2.22. The van der Waals surface area contributed by atoms with Crippen molar-refractivity contribution in [3.8, 4) is 5.75 Å². The summed E-state index contributed by atoms with van der Waals surface area (Å²) in [6, 6.07) is 6.66. The molecule has 0 aliphatic rings. The van der Waals surface area contributed by atoms with Crippen molar-refractivity contribution in [2.75, 3.05) is 13.2 Å². The fourth-order valence-electron chi connectivity index (χ4n) is 1.16. The molecule has 0 radical (unpaired) electrons. The van der Waals surface area contributed by atoms with Gasteiger partial charge in [-0.3, -0.25) is 4.79 Å². The summed E-state index contributed by atoms with van der Waals surface area (Å²) < 4.78 is 5.29. The Hall–Kier alpha value is -1.26. The number of aliphatic hydroxyl groups is 1. The molecule has 0 spiro atoms. The monoisotopic (exact) mass is 244 g/mol. The van der Waals surface area contributed by atoms with Gasteiger partial charge >= 0.3 is 5.97 Å². The molecule has 0 saturated carbocycles. The summed E-state index contributed by atoms with van der Waals surface area (Å²) in [5, 5.41) is 18.1. The second-order valence-corrected chi connectivity index (χ2v) is 3.75. The number of aliphatic hydroxyl groups excluding tert-OH is 1. The van der Waals surface area contributed by atoms with Gasteiger partial charge in [0.05, 0.1) is 5.92 Å². The van der Waals surface area contributed by atoms with Crippen molar-refractivity contribution in [1.29, 1.82) is 0 Å². The average molecular weight is 245 g/mol. The van der Waals surface area contributed by atoms with Gasteiger partial charge in [0.15, 0.2) is 0 Å². The number of aliphatic carboxylic acids is 1. The number of carboxylic acids is 1.